The van der Waals surface area contributed by atoms with Crippen molar-refractivity contribution in [1.29, 1.82) is 5.26 Å². The summed E-state index contributed by atoms with van der Waals surface area (Å²) in [5, 5.41) is 39.9. The Bertz CT molecular complexity index is 1330. The van der Waals surface area contributed by atoms with Gasteiger partial charge in [-0.15, -0.1) is 5.10 Å². The van der Waals surface area contributed by atoms with Gasteiger partial charge < -0.3 is 15.7 Å². The number of piperidine rings is 1. The number of aliphatic hydroxyl groups is 1. The average Bonchev–Trinajstić information content (AvgIpc) is 3.46. The van der Waals surface area contributed by atoms with Gasteiger partial charge >= 0.3 is 0 Å². The van der Waals surface area contributed by atoms with E-state index in [2.05, 4.69) is 55.9 Å². The number of anilines is 1. The van der Waals surface area contributed by atoms with Crippen LogP contribution in [0.3, 0.4) is 0 Å². The summed E-state index contributed by atoms with van der Waals surface area (Å²) in [5.74, 6) is 0.593. The fraction of sp³-hybridized carbons (Fsp3) is 0.364. The first-order valence-corrected chi connectivity index (χ1v) is 10.9. The zero-order valence-corrected chi connectivity index (χ0v) is 18.3. The van der Waals surface area contributed by atoms with Crippen molar-refractivity contribution in [3.8, 4) is 23.1 Å². The van der Waals surface area contributed by atoms with E-state index in [0.29, 0.717) is 29.3 Å². The molecule has 1 saturated heterocycles. The summed E-state index contributed by atoms with van der Waals surface area (Å²) in [6.07, 6.45) is 7.06. The smallest absolute Gasteiger partial charge is 0.164 e. The molecule has 0 saturated carbocycles. The number of fused-ring (bicyclic) bond motifs is 1. The van der Waals surface area contributed by atoms with Gasteiger partial charge in [-0.1, -0.05) is 5.21 Å². The molecule has 33 heavy (non-hydrogen) atoms. The van der Waals surface area contributed by atoms with Crippen LogP contribution < -0.4 is 10.6 Å². The van der Waals surface area contributed by atoms with E-state index in [1.807, 2.05) is 12.3 Å². The van der Waals surface area contributed by atoms with Crippen LogP contribution in [0.4, 0.5) is 5.69 Å². The molecule has 0 unspecified atom stereocenters. The van der Waals surface area contributed by atoms with Gasteiger partial charge in [-0.05, 0) is 32.9 Å². The molecule has 1 aliphatic heterocycles. The molecule has 0 aliphatic carbocycles. The second-order valence-corrected chi connectivity index (χ2v) is 8.40. The number of aromatic nitrogens is 7. The maximum Gasteiger partial charge on any atom is 0.164 e. The lowest BCUT2D eigenvalue weighted by molar-refractivity contribution is 0.0800. The number of rotatable bonds is 5. The minimum atomic E-state index is -0.510. The number of nitriles is 1. The Morgan fingerprint density at radius 1 is 1.24 bits per heavy atom. The van der Waals surface area contributed by atoms with Gasteiger partial charge in [0.1, 0.15) is 11.8 Å². The van der Waals surface area contributed by atoms with E-state index >= 15 is 0 Å². The fourth-order valence-electron chi connectivity index (χ4n) is 4.04. The standard InChI is InChI=1S/C22H24N10O/c1-13(2)28-17-6-21(32-22-15(9-27-32)5-14(7-23)8-26-22)25-10-16(17)18-12-31(30-29-18)19-3-4-24-11-20(19)33/h5-6,8-10,12-13,19-20,24,33H,3-4,11H2,1-2H3,(H,25,28)/t19-,20-/m1/s1. The van der Waals surface area contributed by atoms with Crippen LogP contribution in [0, 0.1) is 11.3 Å². The molecule has 5 heterocycles. The second-order valence-electron chi connectivity index (χ2n) is 8.40. The number of pyridine rings is 2. The molecule has 168 valence electrons. The molecule has 5 rings (SSSR count). The summed E-state index contributed by atoms with van der Waals surface area (Å²) in [7, 11) is 0. The van der Waals surface area contributed by atoms with E-state index in [1.165, 1.54) is 6.20 Å². The van der Waals surface area contributed by atoms with E-state index in [1.54, 1.807) is 27.8 Å². The van der Waals surface area contributed by atoms with Crippen LogP contribution in [-0.2, 0) is 0 Å². The van der Waals surface area contributed by atoms with Crippen molar-refractivity contribution in [2.75, 3.05) is 18.4 Å². The highest BCUT2D eigenvalue weighted by Crippen LogP contribution is 2.30. The van der Waals surface area contributed by atoms with Crippen molar-refractivity contribution in [3.63, 3.8) is 0 Å². The summed E-state index contributed by atoms with van der Waals surface area (Å²) >= 11 is 0. The maximum atomic E-state index is 10.3. The van der Waals surface area contributed by atoms with Crippen molar-refractivity contribution in [3.05, 3.63) is 42.5 Å². The minimum absolute atomic E-state index is 0.110. The van der Waals surface area contributed by atoms with Gasteiger partial charge in [0.05, 0.1) is 30.1 Å². The second kappa shape index (κ2) is 8.57. The van der Waals surface area contributed by atoms with E-state index in [4.69, 9.17) is 5.26 Å². The summed E-state index contributed by atoms with van der Waals surface area (Å²) in [4.78, 5) is 9.00. The van der Waals surface area contributed by atoms with Crippen LogP contribution in [0.1, 0.15) is 31.9 Å². The molecule has 1 aliphatic rings. The monoisotopic (exact) mass is 444 g/mol. The van der Waals surface area contributed by atoms with Crippen molar-refractivity contribution in [2.45, 2.75) is 38.5 Å². The molecule has 0 aromatic carbocycles. The predicted molar refractivity (Wildman–Crippen MR) is 122 cm³/mol. The summed E-state index contributed by atoms with van der Waals surface area (Å²) < 4.78 is 3.39. The Hall–Kier alpha value is -3.88. The third-order valence-electron chi connectivity index (χ3n) is 5.63. The Kier molecular flexibility index (Phi) is 5.45. The maximum absolute atomic E-state index is 10.3. The third kappa shape index (κ3) is 4.02. The molecule has 0 radical (unpaired) electrons. The first kappa shape index (κ1) is 21.0. The molecule has 1 fully saturated rings. The Balaban J connectivity index is 1.53. The zero-order chi connectivity index (χ0) is 22.9. The number of aliphatic hydroxyl groups excluding tert-OH is 1. The van der Waals surface area contributed by atoms with E-state index in [9.17, 15) is 5.11 Å². The lowest BCUT2D eigenvalue weighted by atomic mass is 10.0. The molecule has 11 nitrogen and oxygen atoms in total. The van der Waals surface area contributed by atoms with Gasteiger partial charge in [0.25, 0.3) is 0 Å². The average molecular weight is 445 g/mol. The fourth-order valence-corrected chi connectivity index (χ4v) is 4.04. The van der Waals surface area contributed by atoms with Crippen LogP contribution in [0.2, 0.25) is 0 Å². The Morgan fingerprint density at radius 3 is 2.91 bits per heavy atom. The van der Waals surface area contributed by atoms with Crippen LogP contribution >= 0.6 is 0 Å². The number of β-amino-alcohol motifs (C(OH)–C–C–N with tert-alkyl or cyclic N) is 1. The molecule has 0 amide bonds. The number of hydrogen-bond donors (Lipinski definition) is 3. The van der Waals surface area contributed by atoms with Gasteiger partial charge in [-0.3, -0.25) is 0 Å². The van der Waals surface area contributed by atoms with Gasteiger partial charge in [0.15, 0.2) is 11.5 Å². The van der Waals surface area contributed by atoms with Crippen molar-refractivity contribution >= 4 is 16.7 Å². The van der Waals surface area contributed by atoms with Crippen LogP contribution in [0.15, 0.2) is 36.9 Å². The highest BCUT2D eigenvalue weighted by molar-refractivity contribution is 5.79. The molecule has 4 aromatic rings. The van der Waals surface area contributed by atoms with Crippen LogP contribution in [0.5, 0.6) is 0 Å². The highest BCUT2D eigenvalue weighted by atomic mass is 16.3. The SMILES string of the molecule is CC(C)Nc1cc(-n2ncc3cc(C#N)cnc32)ncc1-c1cn([C@@H]2CCNC[C@H]2O)nn1. The Morgan fingerprint density at radius 2 is 2.12 bits per heavy atom. The highest BCUT2D eigenvalue weighted by Gasteiger charge is 2.26. The molecule has 2 atom stereocenters. The van der Waals surface area contributed by atoms with Crippen molar-refractivity contribution in [2.24, 2.45) is 0 Å². The zero-order valence-electron chi connectivity index (χ0n) is 18.3. The van der Waals surface area contributed by atoms with Gasteiger partial charge in [-0.25, -0.2) is 14.6 Å². The normalized spacial score (nSPS) is 18.5. The largest absolute Gasteiger partial charge is 0.390 e. The molecule has 4 aromatic heterocycles. The first-order valence-electron chi connectivity index (χ1n) is 10.9. The summed E-state index contributed by atoms with van der Waals surface area (Å²) in [6, 6.07) is 5.81. The van der Waals surface area contributed by atoms with Crippen LogP contribution in [0.25, 0.3) is 28.1 Å². The minimum Gasteiger partial charge on any atom is -0.390 e. The first-order chi connectivity index (χ1) is 16.0. The van der Waals surface area contributed by atoms with Crippen LogP contribution in [-0.4, -0.2) is 65.1 Å². The van der Waals surface area contributed by atoms with Crippen molar-refractivity contribution in [1.82, 2.24) is 40.1 Å². The lowest BCUT2D eigenvalue weighted by Gasteiger charge is -2.27. The van der Waals surface area contributed by atoms with Crippen molar-refractivity contribution < 1.29 is 5.11 Å². The van der Waals surface area contributed by atoms with E-state index < -0.39 is 6.10 Å². The summed E-state index contributed by atoms with van der Waals surface area (Å²) in [6.45, 7) is 5.48. The lowest BCUT2D eigenvalue weighted by Crippen LogP contribution is -2.41. The third-order valence-corrected chi connectivity index (χ3v) is 5.63. The number of hydrogen-bond acceptors (Lipinski definition) is 9. The number of nitrogens with one attached hydrogen (secondary N) is 2. The molecule has 3 N–H and O–H groups in total. The van der Waals surface area contributed by atoms with Gasteiger partial charge in [0, 0.05) is 47.7 Å². The molecule has 0 spiro atoms. The molecular weight excluding hydrogens is 420 g/mol. The quantitative estimate of drug-likeness (QED) is 0.419. The number of nitrogens with zero attached hydrogens (tertiary/aromatic N) is 8. The summed E-state index contributed by atoms with van der Waals surface area (Å²) in [5.41, 5.74) is 3.42. The van der Waals surface area contributed by atoms with E-state index in [0.717, 1.165) is 29.6 Å². The Labute approximate surface area is 190 Å². The topological polar surface area (TPSA) is 142 Å². The molecular formula is C22H24N10O. The molecule has 11 heteroatoms. The van der Waals surface area contributed by atoms with Gasteiger partial charge in [0.2, 0.25) is 0 Å². The van der Waals surface area contributed by atoms with Gasteiger partial charge in [-0.2, -0.15) is 15.0 Å². The molecule has 0 bridgehead atoms. The van der Waals surface area contributed by atoms with E-state index in [-0.39, 0.29) is 12.1 Å². The predicted octanol–water partition coefficient (Wildman–Crippen LogP) is 1.66.